The summed E-state index contributed by atoms with van der Waals surface area (Å²) < 4.78 is 1.65. The van der Waals surface area contributed by atoms with Crippen LogP contribution >= 0.6 is 12.4 Å². The summed E-state index contributed by atoms with van der Waals surface area (Å²) in [6.07, 6.45) is 3.67. The Morgan fingerprint density at radius 1 is 1.30 bits per heavy atom. The first-order chi connectivity index (χ1) is 10.7. The van der Waals surface area contributed by atoms with Gasteiger partial charge in [0, 0.05) is 19.1 Å². The van der Waals surface area contributed by atoms with Crippen LogP contribution in [0.25, 0.3) is 5.69 Å². The molecule has 7 heteroatoms. The number of rotatable bonds is 3. The molecule has 0 atom stereocenters. The van der Waals surface area contributed by atoms with E-state index in [0.717, 1.165) is 37.2 Å². The van der Waals surface area contributed by atoms with Gasteiger partial charge in [-0.25, -0.2) is 4.68 Å². The van der Waals surface area contributed by atoms with E-state index in [1.165, 1.54) is 0 Å². The summed E-state index contributed by atoms with van der Waals surface area (Å²) in [6.45, 7) is 3.56. The van der Waals surface area contributed by atoms with E-state index in [1.807, 2.05) is 43.1 Å². The second-order valence-electron chi connectivity index (χ2n) is 5.74. The summed E-state index contributed by atoms with van der Waals surface area (Å²) >= 11 is 0. The molecule has 0 bridgehead atoms. The fourth-order valence-electron chi connectivity index (χ4n) is 2.79. The normalized spacial score (nSPS) is 15.3. The van der Waals surface area contributed by atoms with Crippen molar-refractivity contribution >= 4 is 18.3 Å². The van der Waals surface area contributed by atoms with Gasteiger partial charge in [-0.1, -0.05) is 17.3 Å². The molecule has 1 amide bonds. The zero-order chi connectivity index (χ0) is 15.5. The maximum Gasteiger partial charge on any atom is 0.276 e. The highest BCUT2D eigenvalue weighted by Crippen LogP contribution is 2.14. The van der Waals surface area contributed by atoms with Crippen LogP contribution in [0, 0.1) is 6.92 Å². The maximum atomic E-state index is 12.5. The number of aromatic nitrogens is 3. The number of halogens is 1. The van der Waals surface area contributed by atoms with Crippen molar-refractivity contribution in [1.82, 2.24) is 25.2 Å². The molecule has 0 saturated carbocycles. The Kier molecular flexibility index (Phi) is 5.74. The molecule has 0 spiro atoms. The van der Waals surface area contributed by atoms with E-state index in [2.05, 4.69) is 15.6 Å². The number of carbonyl (C=O) groups excluding carboxylic acids is 1. The van der Waals surface area contributed by atoms with Crippen molar-refractivity contribution < 1.29 is 4.79 Å². The minimum absolute atomic E-state index is 0. The van der Waals surface area contributed by atoms with Crippen LogP contribution in [0.3, 0.4) is 0 Å². The average molecular weight is 336 g/mol. The van der Waals surface area contributed by atoms with Crippen molar-refractivity contribution in [3.05, 3.63) is 41.7 Å². The molecule has 3 rings (SSSR count). The molecule has 1 saturated heterocycles. The number of nitrogens with zero attached hydrogens (tertiary/aromatic N) is 4. The van der Waals surface area contributed by atoms with Gasteiger partial charge in [0.05, 0.1) is 11.9 Å². The van der Waals surface area contributed by atoms with E-state index in [0.29, 0.717) is 11.7 Å². The summed E-state index contributed by atoms with van der Waals surface area (Å²) in [5.74, 6) is -0.0338. The molecule has 1 fully saturated rings. The first-order valence-corrected chi connectivity index (χ1v) is 7.63. The van der Waals surface area contributed by atoms with Crippen LogP contribution in [0.5, 0.6) is 0 Å². The van der Waals surface area contributed by atoms with E-state index in [-0.39, 0.29) is 18.3 Å². The third-order valence-electron chi connectivity index (χ3n) is 4.17. The van der Waals surface area contributed by atoms with Crippen LogP contribution in [-0.2, 0) is 0 Å². The van der Waals surface area contributed by atoms with Gasteiger partial charge in [0.25, 0.3) is 5.91 Å². The van der Waals surface area contributed by atoms with E-state index in [1.54, 1.807) is 10.9 Å². The third-order valence-corrected chi connectivity index (χ3v) is 4.17. The van der Waals surface area contributed by atoms with Gasteiger partial charge in [-0.3, -0.25) is 4.79 Å². The summed E-state index contributed by atoms with van der Waals surface area (Å²) in [5.41, 5.74) is 2.47. The van der Waals surface area contributed by atoms with Gasteiger partial charge < -0.3 is 10.2 Å². The molecule has 1 aliphatic heterocycles. The van der Waals surface area contributed by atoms with Crippen molar-refractivity contribution in [3.63, 3.8) is 0 Å². The molecule has 2 aromatic rings. The number of hydrogen-bond donors (Lipinski definition) is 1. The molecule has 1 aromatic carbocycles. The lowest BCUT2D eigenvalue weighted by Gasteiger charge is -2.31. The number of nitrogens with one attached hydrogen (secondary N) is 1. The average Bonchev–Trinajstić information content (AvgIpc) is 3.04. The fourth-order valence-corrected chi connectivity index (χ4v) is 2.79. The number of likely N-dealkylation sites (tertiary alicyclic amines) is 1. The molecular weight excluding hydrogens is 314 g/mol. The molecule has 1 aromatic heterocycles. The second-order valence-corrected chi connectivity index (χ2v) is 5.74. The number of aryl methyl sites for hydroxylation is 1. The van der Waals surface area contributed by atoms with Gasteiger partial charge in [-0.2, -0.15) is 0 Å². The first-order valence-electron chi connectivity index (χ1n) is 7.63. The zero-order valence-corrected chi connectivity index (χ0v) is 14.2. The summed E-state index contributed by atoms with van der Waals surface area (Å²) in [4.78, 5) is 14.4. The number of hydrogen-bond acceptors (Lipinski definition) is 4. The molecule has 0 radical (unpaired) electrons. The lowest BCUT2D eigenvalue weighted by molar-refractivity contribution is 0.0701. The van der Waals surface area contributed by atoms with Crippen LogP contribution in [0.2, 0.25) is 0 Å². The Bertz CT molecular complexity index is 664. The van der Waals surface area contributed by atoms with Crippen molar-refractivity contribution in [2.45, 2.75) is 25.8 Å². The quantitative estimate of drug-likeness (QED) is 0.929. The Hall–Kier alpha value is -1.92. The molecule has 6 nitrogen and oxygen atoms in total. The van der Waals surface area contributed by atoms with E-state index in [4.69, 9.17) is 0 Å². The highest BCUT2D eigenvalue weighted by molar-refractivity contribution is 5.92. The van der Waals surface area contributed by atoms with Crippen molar-refractivity contribution in [1.29, 1.82) is 0 Å². The van der Waals surface area contributed by atoms with Gasteiger partial charge in [-0.15, -0.1) is 17.5 Å². The molecule has 0 aliphatic carbocycles. The Balaban J connectivity index is 0.00000192. The second kappa shape index (κ2) is 7.57. The topological polar surface area (TPSA) is 63.1 Å². The van der Waals surface area contributed by atoms with Gasteiger partial charge in [0.2, 0.25) is 0 Å². The number of carbonyl (C=O) groups is 1. The smallest absolute Gasteiger partial charge is 0.276 e. The highest BCUT2D eigenvalue weighted by Gasteiger charge is 2.24. The minimum atomic E-state index is -0.0338. The summed E-state index contributed by atoms with van der Waals surface area (Å²) in [5, 5.41) is 11.4. The first kappa shape index (κ1) is 17.4. The number of amides is 1. The Labute approximate surface area is 142 Å². The van der Waals surface area contributed by atoms with E-state index < -0.39 is 0 Å². The molecule has 1 aliphatic rings. The van der Waals surface area contributed by atoms with E-state index in [9.17, 15) is 4.79 Å². The number of benzene rings is 1. The molecule has 124 valence electrons. The van der Waals surface area contributed by atoms with E-state index >= 15 is 0 Å². The minimum Gasteiger partial charge on any atom is -0.337 e. The summed E-state index contributed by atoms with van der Waals surface area (Å²) in [6, 6.07) is 8.47. The van der Waals surface area contributed by atoms with Crippen molar-refractivity contribution in [3.8, 4) is 5.69 Å². The third kappa shape index (κ3) is 3.89. The summed E-state index contributed by atoms with van der Waals surface area (Å²) in [7, 11) is 1.97. The van der Waals surface area contributed by atoms with Crippen LogP contribution < -0.4 is 5.32 Å². The van der Waals surface area contributed by atoms with Gasteiger partial charge in [0.15, 0.2) is 5.69 Å². The lowest BCUT2D eigenvalue weighted by atomic mass is 10.1. The molecule has 1 N–H and O–H groups in total. The Morgan fingerprint density at radius 2 is 2.04 bits per heavy atom. The lowest BCUT2D eigenvalue weighted by Crippen LogP contribution is -2.44. The zero-order valence-electron chi connectivity index (χ0n) is 13.4. The predicted octanol–water partition coefficient (Wildman–Crippen LogP) is 1.82. The van der Waals surface area contributed by atoms with Crippen LogP contribution in [0.15, 0.2) is 30.5 Å². The van der Waals surface area contributed by atoms with Crippen LogP contribution in [0.4, 0.5) is 0 Å². The number of piperidine rings is 1. The van der Waals surface area contributed by atoms with Gasteiger partial charge in [-0.05, 0) is 44.5 Å². The predicted molar refractivity (Wildman–Crippen MR) is 91.3 cm³/mol. The Morgan fingerprint density at radius 3 is 2.70 bits per heavy atom. The highest BCUT2D eigenvalue weighted by atomic mass is 35.5. The largest absolute Gasteiger partial charge is 0.337 e. The molecule has 0 unspecified atom stereocenters. The SMILES string of the molecule is CNC1CCN(C(=O)c2cn(-c3cccc(C)c3)nn2)CC1.Cl. The van der Waals surface area contributed by atoms with Crippen molar-refractivity contribution in [2.75, 3.05) is 20.1 Å². The van der Waals surface area contributed by atoms with Crippen LogP contribution in [-0.4, -0.2) is 52.0 Å². The maximum absolute atomic E-state index is 12.5. The van der Waals surface area contributed by atoms with Crippen molar-refractivity contribution in [2.24, 2.45) is 0 Å². The standard InChI is InChI=1S/C16H21N5O.ClH/c1-12-4-3-5-14(10-12)21-11-15(18-19-21)16(22)20-8-6-13(17-2)7-9-20;/h3-5,10-11,13,17H,6-9H2,1-2H3;1H. The molecular formula is C16H22ClN5O. The molecule has 2 heterocycles. The molecule has 23 heavy (non-hydrogen) atoms. The van der Waals surface area contributed by atoms with Crippen LogP contribution in [0.1, 0.15) is 28.9 Å². The van der Waals surface area contributed by atoms with Gasteiger partial charge >= 0.3 is 0 Å². The fraction of sp³-hybridized carbons (Fsp3) is 0.438. The van der Waals surface area contributed by atoms with Gasteiger partial charge in [0.1, 0.15) is 0 Å². The monoisotopic (exact) mass is 335 g/mol.